The minimum absolute atomic E-state index is 0.114. The lowest BCUT2D eigenvalue weighted by Crippen LogP contribution is -2.37. The Morgan fingerprint density at radius 1 is 1.27 bits per heavy atom. The van der Waals surface area contributed by atoms with Crippen molar-refractivity contribution in [1.29, 1.82) is 0 Å². The van der Waals surface area contributed by atoms with Crippen LogP contribution in [0, 0.1) is 5.82 Å². The van der Waals surface area contributed by atoms with Gasteiger partial charge in [0.15, 0.2) is 11.2 Å². The van der Waals surface area contributed by atoms with Crippen molar-refractivity contribution in [2.45, 2.75) is 6.54 Å². The summed E-state index contributed by atoms with van der Waals surface area (Å²) in [5, 5.41) is 0.207. The number of nitrogens with zero attached hydrogens (tertiary/aromatic N) is 4. The third-order valence-corrected chi connectivity index (χ3v) is 4.36. The van der Waals surface area contributed by atoms with Crippen LogP contribution in [0.4, 0.5) is 4.39 Å². The monoisotopic (exact) mass is 381 g/mol. The lowest BCUT2D eigenvalue weighted by Gasteiger charge is -2.11. The SMILES string of the molecule is Cn1c(=O)c2c(nc(OCCN)n2Cc2ccc(F)cc2Cl)n(C)c1=O. The second kappa shape index (κ2) is 6.93. The smallest absolute Gasteiger partial charge is 0.332 e. The molecular weight excluding hydrogens is 365 g/mol. The normalized spacial score (nSPS) is 11.3. The number of nitrogens with two attached hydrogens (primary N) is 1. The lowest BCUT2D eigenvalue weighted by molar-refractivity contribution is 0.291. The van der Waals surface area contributed by atoms with E-state index in [1.165, 1.54) is 41.4 Å². The van der Waals surface area contributed by atoms with Crippen molar-refractivity contribution in [1.82, 2.24) is 18.7 Å². The predicted molar refractivity (Wildman–Crippen MR) is 95.3 cm³/mol. The highest BCUT2D eigenvalue weighted by Crippen LogP contribution is 2.24. The number of aromatic nitrogens is 4. The molecule has 0 radical (unpaired) electrons. The number of fused-ring (bicyclic) bond motifs is 1. The molecule has 26 heavy (non-hydrogen) atoms. The van der Waals surface area contributed by atoms with Gasteiger partial charge >= 0.3 is 5.69 Å². The molecule has 138 valence electrons. The summed E-state index contributed by atoms with van der Waals surface area (Å²) in [6.07, 6.45) is 0. The Morgan fingerprint density at radius 3 is 2.65 bits per heavy atom. The Balaban J connectivity index is 2.27. The molecule has 0 spiro atoms. The van der Waals surface area contributed by atoms with Crippen molar-refractivity contribution in [2.75, 3.05) is 13.2 Å². The van der Waals surface area contributed by atoms with E-state index in [0.29, 0.717) is 5.56 Å². The molecule has 2 heterocycles. The number of hydrogen-bond acceptors (Lipinski definition) is 5. The molecule has 3 rings (SSSR count). The molecule has 0 aliphatic heterocycles. The van der Waals surface area contributed by atoms with E-state index < -0.39 is 17.1 Å². The summed E-state index contributed by atoms with van der Waals surface area (Å²) in [4.78, 5) is 29.1. The maximum atomic E-state index is 13.3. The average molecular weight is 382 g/mol. The van der Waals surface area contributed by atoms with Crippen LogP contribution in [0.5, 0.6) is 6.01 Å². The average Bonchev–Trinajstić information content (AvgIpc) is 2.97. The lowest BCUT2D eigenvalue weighted by atomic mass is 10.2. The van der Waals surface area contributed by atoms with Crippen LogP contribution in [0.25, 0.3) is 11.2 Å². The van der Waals surface area contributed by atoms with Crippen LogP contribution >= 0.6 is 11.6 Å². The minimum atomic E-state index is -0.517. The standard InChI is InChI=1S/C16H17ClFN5O3/c1-21-13-12(14(24)22(2)16(21)25)23(15(20-13)26-6-5-19)8-9-3-4-10(18)7-11(9)17/h3-4,7H,5-6,8,19H2,1-2H3. The van der Waals surface area contributed by atoms with Gasteiger partial charge in [-0.15, -0.1) is 0 Å². The number of imidazole rings is 1. The molecule has 0 amide bonds. The second-order valence-corrected chi connectivity index (χ2v) is 6.14. The predicted octanol–water partition coefficient (Wildman–Crippen LogP) is 0.612. The molecule has 0 bridgehead atoms. The van der Waals surface area contributed by atoms with E-state index >= 15 is 0 Å². The van der Waals surface area contributed by atoms with Gasteiger partial charge in [-0.05, 0) is 17.7 Å². The third kappa shape index (κ3) is 2.99. The van der Waals surface area contributed by atoms with Gasteiger partial charge in [0.25, 0.3) is 11.6 Å². The van der Waals surface area contributed by atoms with Crippen LogP contribution in [0.3, 0.4) is 0 Å². The van der Waals surface area contributed by atoms with Gasteiger partial charge in [-0.1, -0.05) is 17.7 Å². The van der Waals surface area contributed by atoms with Crippen molar-refractivity contribution < 1.29 is 9.13 Å². The van der Waals surface area contributed by atoms with Crippen molar-refractivity contribution in [3.8, 4) is 6.01 Å². The minimum Gasteiger partial charge on any atom is -0.463 e. The quantitative estimate of drug-likeness (QED) is 0.698. The zero-order chi connectivity index (χ0) is 19.0. The molecule has 10 heteroatoms. The molecule has 1 aromatic carbocycles. The van der Waals surface area contributed by atoms with E-state index in [1.807, 2.05) is 0 Å². The van der Waals surface area contributed by atoms with Crippen LogP contribution in [-0.2, 0) is 20.6 Å². The highest BCUT2D eigenvalue weighted by molar-refractivity contribution is 6.31. The number of hydrogen-bond donors (Lipinski definition) is 1. The first-order chi connectivity index (χ1) is 12.3. The molecule has 2 N–H and O–H groups in total. The van der Waals surface area contributed by atoms with Gasteiger partial charge in [0.05, 0.1) is 6.54 Å². The van der Waals surface area contributed by atoms with E-state index in [1.54, 1.807) is 0 Å². The summed E-state index contributed by atoms with van der Waals surface area (Å²) >= 11 is 6.11. The van der Waals surface area contributed by atoms with Crippen molar-refractivity contribution in [3.05, 3.63) is 55.4 Å². The highest BCUT2D eigenvalue weighted by Gasteiger charge is 2.21. The number of benzene rings is 1. The van der Waals surface area contributed by atoms with E-state index in [9.17, 15) is 14.0 Å². The molecule has 2 aromatic heterocycles. The second-order valence-electron chi connectivity index (χ2n) is 5.73. The summed E-state index contributed by atoms with van der Waals surface area (Å²) in [5.41, 5.74) is 5.39. The van der Waals surface area contributed by atoms with Crippen LogP contribution in [0.1, 0.15) is 5.56 Å². The van der Waals surface area contributed by atoms with Gasteiger partial charge in [-0.3, -0.25) is 18.5 Å². The molecule has 3 aromatic rings. The number of rotatable bonds is 5. The van der Waals surface area contributed by atoms with Crippen LogP contribution < -0.4 is 21.7 Å². The van der Waals surface area contributed by atoms with Crippen LogP contribution in [0.2, 0.25) is 5.02 Å². The van der Waals surface area contributed by atoms with Crippen LogP contribution in [-0.4, -0.2) is 31.8 Å². The van der Waals surface area contributed by atoms with Gasteiger partial charge in [0.1, 0.15) is 12.4 Å². The molecule has 0 fully saturated rings. The Morgan fingerprint density at radius 2 is 2.00 bits per heavy atom. The van der Waals surface area contributed by atoms with Gasteiger partial charge < -0.3 is 10.5 Å². The third-order valence-electron chi connectivity index (χ3n) is 4.01. The maximum Gasteiger partial charge on any atom is 0.332 e. The highest BCUT2D eigenvalue weighted by atomic mass is 35.5. The first-order valence-corrected chi connectivity index (χ1v) is 8.16. The largest absolute Gasteiger partial charge is 0.463 e. The number of ether oxygens (including phenoxy) is 1. The number of aryl methyl sites for hydroxylation is 1. The Labute approximate surface area is 152 Å². The molecule has 0 unspecified atom stereocenters. The number of halogens is 2. The molecule has 0 aliphatic rings. The van der Waals surface area contributed by atoms with E-state index in [-0.39, 0.29) is 41.9 Å². The van der Waals surface area contributed by atoms with E-state index in [4.69, 9.17) is 22.1 Å². The van der Waals surface area contributed by atoms with Gasteiger partial charge in [0.2, 0.25) is 0 Å². The van der Waals surface area contributed by atoms with E-state index in [0.717, 1.165) is 4.57 Å². The first-order valence-electron chi connectivity index (χ1n) is 7.78. The summed E-state index contributed by atoms with van der Waals surface area (Å²) < 4.78 is 22.6. The molecule has 0 saturated heterocycles. The maximum absolute atomic E-state index is 13.3. The fourth-order valence-electron chi connectivity index (χ4n) is 2.65. The van der Waals surface area contributed by atoms with Crippen molar-refractivity contribution >= 4 is 22.8 Å². The van der Waals surface area contributed by atoms with Crippen molar-refractivity contribution in [3.63, 3.8) is 0 Å². The van der Waals surface area contributed by atoms with Crippen LogP contribution in [0.15, 0.2) is 27.8 Å². The summed E-state index contributed by atoms with van der Waals surface area (Å²) in [5.74, 6) is -0.466. The Bertz CT molecular complexity index is 1100. The summed E-state index contributed by atoms with van der Waals surface area (Å²) in [6.45, 7) is 0.537. The molecule has 0 atom stereocenters. The zero-order valence-corrected chi connectivity index (χ0v) is 15.0. The first kappa shape index (κ1) is 18.2. The Hall–Kier alpha value is -2.65. The topological polar surface area (TPSA) is 97.1 Å². The molecule has 0 saturated carbocycles. The van der Waals surface area contributed by atoms with Gasteiger partial charge in [0, 0.05) is 25.7 Å². The molecular formula is C16H17ClFN5O3. The fraction of sp³-hybridized carbons (Fsp3) is 0.312. The van der Waals surface area contributed by atoms with Gasteiger partial charge in [-0.2, -0.15) is 4.98 Å². The summed E-state index contributed by atoms with van der Waals surface area (Å²) in [6, 6.07) is 4.10. The Kier molecular flexibility index (Phi) is 4.84. The fourth-order valence-corrected chi connectivity index (χ4v) is 2.88. The molecule has 0 aliphatic carbocycles. The van der Waals surface area contributed by atoms with Gasteiger partial charge in [-0.25, -0.2) is 9.18 Å². The van der Waals surface area contributed by atoms with E-state index in [2.05, 4.69) is 4.98 Å². The summed E-state index contributed by atoms with van der Waals surface area (Å²) in [7, 11) is 2.89. The zero-order valence-electron chi connectivity index (χ0n) is 14.2. The molecule has 8 nitrogen and oxygen atoms in total. The van der Waals surface area contributed by atoms with Crippen molar-refractivity contribution in [2.24, 2.45) is 19.8 Å².